The Hall–Kier alpha value is -1.99. The van der Waals surface area contributed by atoms with Gasteiger partial charge in [-0.1, -0.05) is 18.2 Å². The molecule has 0 bridgehead atoms. The van der Waals surface area contributed by atoms with Gasteiger partial charge in [0.05, 0.1) is 11.5 Å². The van der Waals surface area contributed by atoms with Crippen LogP contribution in [0.15, 0.2) is 42.5 Å². The van der Waals surface area contributed by atoms with Crippen LogP contribution in [0, 0.1) is 11.6 Å². The zero-order chi connectivity index (χ0) is 17.2. The topological polar surface area (TPSA) is 55.4 Å². The van der Waals surface area contributed by atoms with Crippen LogP contribution in [0.3, 0.4) is 0 Å². The molecule has 2 aromatic carbocycles. The van der Waals surface area contributed by atoms with E-state index in [1.165, 1.54) is 30.3 Å². The highest BCUT2D eigenvalue weighted by Crippen LogP contribution is 2.27. The van der Waals surface area contributed by atoms with E-state index in [1.54, 1.807) is 12.1 Å². The normalized spacial score (nSPS) is 19.3. The summed E-state index contributed by atoms with van der Waals surface area (Å²) in [5, 5.41) is 3.11. The van der Waals surface area contributed by atoms with Gasteiger partial charge in [0, 0.05) is 12.6 Å². The highest BCUT2D eigenvalue weighted by atomic mass is 32.2. The molecule has 0 aromatic heterocycles. The van der Waals surface area contributed by atoms with Crippen LogP contribution in [0.4, 0.5) is 8.78 Å². The molecule has 0 amide bonds. The van der Waals surface area contributed by atoms with E-state index in [4.69, 9.17) is 4.74 Å². The number of hydrogen-bond donors (Lipinski definition) is 1. The van der Waals surface area contributed by atoms with Crippen molar-refractivity contribution in [1.82, 2.24) is 5.32 Å². The maximum atomic E-state index is 14.1. The molecule has 0 aliphatic carbocycles. The Morgan fingerprint density at radius 3 is 2.50 bits per heavy atom. The first-order valence-corrected chi connectivity index (χ1v) is 9.40. The molecule has 1 atom stereocenters. The van der Waals surface area contributed by atoms with Gasteiger partial charge in [0.15, 0.2) is 33.0 Å². The fourth-order valence-corrected chi connectivity index (χ4v) is 4.31. The summed E-state index contributed by atoms with van der Waals surface area (Å²) in [5.41, 5.74) is 0.665. The first-order chi connectivity index (χ1) is 11.4. The van der Waals surface area contributed by atoms with Gasteiger partial charge in [-0.2, -0.15) is 0 Å². The summed E-state index contributed by atoms with van der Waals surface area (Å²) in [6.45, 7) is 0.358. The minimum absolute atomic E-state index is 0.0431. The predicted molar refractivity (Wildman–Crippen MR) is 86.8 cm³/mol. The fourth-order valence-electron chi connectivity index (χ4n) is 2.60. The van der Waals surface area contributed by atoms with Crippen LogP contribution in [-0.2, 0) is 16.4 Å². The van der Waals surface area contributed by atoms with Crippen molar-refractivity contribution in [3.05, 3.63) is 59.7 Å². The molecule has 2 aromatic rings. The fraction of sp³-hybridized carbons (Fsp3) is 0.294. The van der Waals surface area contributed by atoms with E-state index in [1.807, 2.05) is 0 Å². The third kappa shape index (κ3) is 4.10. The van der Waals surface area contributed by atoms with Gasteiger partial charge >= 0.3 is 0 Å². The molecule has 7 heteroatoms. The van der Waals surface area contributed by atoms with E-state index in [-0.39, 0.29) is 29.0 Å². The molecule has 1 saturated heterocycles. The number of rotatable bonds is 5. The quantitative estimate of drug-likeness (QED) is 0.898. The lowest BCUT2D eigenvalue weighted by Crippen LogP contribution is -2.29. The summed E-state index contributed by atoms with van der Waals surface area (Å²) in [6, 6.07) is 10.1. The lowest BCUT2D eigenvalue weighted by molar-refractivity contribution is 0.414. The Balaban J connectivity index is 1.63. The Morgan fingerprint density at radius 2 is 1.83 bits per heavy atom. The Bertz CT molecular complexity index is 839. The van der Waals surface area contributed by atoms with E-state index in [2.05, 4.69) is 5.32 Å². The predicted octanol–water partition coefficient (Wildman–Crippen LogP) is 3.03. The molecule has 128 valence electrons. The molecule has 0 spiro atoms. The second-order valence-electron chi connectivity index (χ2n) is 5.78. The number of ether oxygens (including phenoxy) is 1. The number of halogens is 2. The smallest absolute Gasteiger partial charge is 0.166 e. The minimum Gasteiger partial charge on any atom is -0.451 e. The number of sulfone groups is 1. The molecule has 1 heterocycles. The van der Waals surface area contributed by atoms with Gasteiger partial charge in [-0.25, -0.2) is 17.2 Å². The standard InChI is InChI=1S/C17H17F2NO3S/c18-14-3-1-2-4-16(14)23-17-6-5-12(9-15(17)19)10-20-13-7-8-24(21,22)11-13/h1-6,9,13,20H,7-8,10-11H2/t13-/m1/s1. The summed E-state index contributed by atoms with van der Waals surface area (Å²) in [5.74, 6) is -0.967. The Labute approximate surface area is 139 Å². The van der Waals surface area contributed by atoms with Gasteiger partial charge in [-0.15, -0.1) is 0 Å². The third-order valence-corrected chi connectivity index (χ3v) is 5.65. The molecule has 1 fully saturated rings. The van der Waals surface area contributed by atoms with Crippen molar-refractivity contribution in [3.63, 3.8) is 0 Å². The van der Waals surface area contributed by atoms with Crippen molar-refractivity contribution in [3.8, 4) is 11.5 Å². The molecule has 1 aliphatic heterocycles. The van der Waals surface area contributed by atoms with Gasteiger partial charge in [0.1, 0.15) is 0 Å². The highest BCUT2D eigenvalue weighted by molar-refractivity contribution is 7.91. The van der Waals surface area contributed by atoms with Gasteiger partial charge in [0.25, 0.3) is 0 Å². The summed E-state index contributed by atoms with van der Waals surface area (Å²) in [4.78, 5) is 0. The Kier molecular flexibility index (Phi) is 4.82. The zero-order valence-corrected chi connectivity index (χ0v) is 13.7. The second kappa shape index (κ2) is 6.86. The molecule has 1 N–H and O–H groups in total. The third-order valence-electron chi connectivity index (χ3n) is 3.88. The van der Waals surface area contributed by atoms with Gasteiger partial charge in [0.2, 0.25) is 0 Å². The number of benzene rings is 2. The molecule has 1 aliphatic rings. The molecule has 4 nitrogen and oxygen atoms in total. The summed E-state index contributed by atoms with van der Waals surface area (Å²) < 4.78 is 55.7. The van der Waals surface area contributed by atoms with Crippen LogP contribution in [0.1, 0.15) is 12.0 Å². The van der Waals surface area contributed by atoms with Crippen LogP contribution in [0.5, 0.6) is 11.5 Å². The molecular formula is C17H17F2NO3S. The van der Waals surface area contributed by atoms with Crippen molar-refractivity contribution in [2.75, 3.05) is 11.5 Å². The molecule has 0 saturated carbocycles. The van der Waals surface area contributed by atoms with E-state index < -0.39 is 21.5 Å². The van der Waals surface area contributed by atoms with Crippen LogP contribution < -0.4 is 10.1 Å². The first-order valence-electron chi connectivity index (χ1n) is 7.57. The van der Waals surface area contributed by atoms with Crippen LogP contribution in [0.2, 0.25) is 0 Å². The van der Waals surface area contributed by atoms with Crippen molar-refractivity contribution in [2.45, 2.75) is 19.0 Å². The summed E-state index contributed by atoms with van der Waals surface area (Å²) >= 11 is 0. The average Bonchev–Trinajstić information content (AvgIpc) is 2.89. The molecular weight excluding hydrogens is 336 g/mol. The van der Waals surface area contributed by atoms with Crippen molar-refractivity contribution in [2.24, 2.45) is 0 Å². The second-order valence-corrected chi connectivity index (χ2v) is 8.01. The summed E-state index contributed by atoms with van der Waals surface area (Å²) in [7, 11) is -2.95. The Morgan fingerprint density at radius 1 is 1.08 bits per heavy atom. The molecule has 3 rings (SSSR count). The SMILES string of the molecule is O=S1(=O)CC[C@@H](NCc2ccc(Oc3ccccc3F)c(F)c2)C1. The van der Waals surface area contributed by atoms with E-state index in [9.17, 15) is 17.2 Å². The maximum Gasteiger partial charge on any atom is 0.166 e. The molecule has 0 unspecified atom stereocenters. The lowest BCUT2D eigenvalue weighted by Gasteiger charge is -2.12. The first kappa shape index (κ1) is 16.9. The largest absolute Gasteiger partial charge is 0.451 e. The van der Waals surface area contributed by atoms with Crippen LogP contribution in [-0.4, -0.2) is 26.0 Å². The van der Waals surface area contributed by atoms with Crippen molar-refractivity contribution >= 4 is 9.84 Å². The average molecular weight is 353 g/mol. The number of nitrogens with one attached hydrogen (secondary N) is 1. The monoisotopic (exact) mass is 353 g/mol. The highest BCUT2D eigenvalue weighted by Gasteiger charge is 2.27. The minimum atomic E-state index is -2.95. The van der Waals surface area contributed by atoms with Gasteiger partial charge in [-0.3, -0.25) is 0 Å². The van der Waals surface area contributed by atoms with E-state index in [0.29, 0.717) is 18.5 Å². The number of hydrogen-bond acceptors (Lipinski definition) is 4. The number of para-hydroxylation sites is 1. The maximum absolute atomic E-state index is 14.1. The van der Waals surface area contributed by atoms with Crippen molar-refractivity contribution < 1.29 is 21.9 Å². The van der Waals surface area contributed by atoms with E-state index in [0.717, 1.165) is 0 Å². The van der Waals surface area contributed by atoms with E-state index >= 15 is 0 Å². The van der Waals surface area contributed by atoms with Crippen LogP contribution in [0.25, 0.3) is 0 Å². The van der Waals surface area contributed by atoms with Gasteiger partial charge in [-0.05, 0) is 36.2 Å². The zero-order valence-electron chi connectivity index (χ0n) is 12.8. The lowest BCUT2D eigenvalue weighted by atomic mass is 10.2. The van der Waals surface area contributed by atoms with Crippen LogP contribution >= 0.6 is 0 Å². The molecule has 24 heavy (non-hydrogen) atoms. The van der Waals surface area contributed by atoms with Crippen molar-refractivity contribution in [1.29, 1.82) is 0 Å². The molecule has 0 radical (unpaired) electrons. The van der Waals surface area contributed by atoms with Gasteiger partial charge < -0.3 is 10.1 Å². The summed E-state index contributed by atoms with van der Waals surface area (Å²) in [6.07, 6.45) is 0.569.